The third kappa shape index (κ3) is 3.98. The second kappa shape index (κ2) is 7.64. The van der Waals surface area contributed by atoms with E-state index in [-0.39, 0.29) is 23.3 Å². The lowest BCUT2D eigenvalue weighted by atomic mass is 9.50. The average molecular weight is 456 g/mol. The summed E-state index contributed by atoms with van der Waals surface area (Å²) in [6, 6.07) is 12.4. The van der Waals surface area contributed by atoms with Crippen LogP contribution >= 0.6 is 0 Å². The number of carboxylic acid groups (broad SMARTS) is 1. The number of hydrogen-bond donors (Lipinski definition) is 2. The number of aromatic nitrogens is 1. The number of fused-ring (bicyclic) bond motifs is 1. The fraction of sp³-hybridized carbons (Fsp3) is 0.360. The Morgan fingerprint density at radius 2 is 1.73 bits per heavy atom. The van der Waals surface area contributed by atoms with E-state index in [4.69, 9.17) is 5.11 Å². The molecule has 2 N–H and O–H groups in total. The number of alkyl halides is 3. The second-order valence-corrected chi connectivity index (χ2v) is 9.40. The molecule has 5 rings (SSSR count). The topological polar surface area (TPSA) is 71.3 Å². The van der Waals surface area contributed by atoms with Crippen LogP contribution in [0.5, 0.6) is 0 Å². The molecule has 33 heavy (non-hydrogen) atoms. The Morgan fingerprint density at radius 3 is 2.36 bits per heavy atom. The van der Waals surface area contributed by atoms with E-state index in [1.807, 2.05) is 29.0 Å². The Hall–Kier alpha value is -3.29. The maximum absolute atomic E-state index is 13.1. The van der Waals surface area contributed by atoms with E-state index in [0.717, 1.165) is 35.9 Å². The number of nitrogens with zero attached hydrogens (tertiary/aromatic N) is 1. The predicted octanol–water partition coefficient (Wildman–Crippen LogP) is 5.08. The standard InChI is InChI=1S/C25H23F3N2O3/c26-25(27,28)18-6-4-15(5-7-18)14-30-9-8-16-2-1-3-20(21(16)30)22(31)29-19-12-24(13-19)10-17(11-24)23(32)33/h1-9,17,19H,10-14H2,(H,29,31)(H,32,33). The number of carbonyl (C=O) groups is 2. The average Bonchev–Trinajstić information content (AvgIpc) is 3.11. The van der Waals surface area contributed by atoms with Crippen LogP contribution in [-0.2, 0) is 17.5 Å². The summed E-state index contributed by atoms with van der Waals surface area (Å²) in [5.74, 6) is -1.20. The Bertz CT molecular complexity index is 1220. The van der Waals surface area contributed by atoms with Crippen molar-refractivity contribution in [1.29, 1.82) is 0 Å². The summed E-state index contributed by atoms with van der Waals surface area (Å²) in [4.78, 5) is 24.1. The molecule has 172 valence electrons. The molecule has 0 unspecified atom stereocenters. The van der Waals surface area contributed by atoms with Gasteiger partial charge < -0.3 is 15.0 Å². The number of hydrogen-bond acceptors (Lipinski definition) is 2. The molecule has 2 aliphatic rings. The van der Waals surface area contributed by atoms with Gasteiger partial charge in [-0.25, -0.2) is 0 Å². The van der Waals surface area contributed by atoms with Gasteiger partial charge in [0, 0.05) is 24.2 Å². The van der Waals surface area contributed by atoms with Crippen molar-refractivity contribution in [1.82, 2.24) is 9.88 Å². The third-order valence-electron chi connectivity index (χ3n) is 7.07. The molecule has 2 saturated carbocycles. The van der Waals surface area contributed by atoms with Gasteiger partial charge in [0.1, 0.15) is 0 Å². The molecule has 0 saturated heterocycles. The van der Waals surface area contributed by atoms with Crippen molar-refractivity contribution in [3.05, 3.63) is 71.4 Å². The SMILES string of the molecule is O=C(NC1CC2(C1)CC(C(=O)O)C2)c1cccc2ccn(Cc3ccc(C(F)(F)F)cc3)c12. The maximum atomic E-state index is 13.1. The van der Waals surface area contributed by atoms with Crippen LogP contribution < -0.4 is 5.32 Å². The molecule has 1 amide bonds. The highest BCUT2D eigenvalue weighted by Gasteiger charge is 2.55. The summed E-state index contributed by atoms with van der Waals surface area (Å²) < 4.78 is 40.4. The number of para-hydroxylation sites is 1. The summed E-state index contributed by atoms with van der Waals surface area (Å²) in [6.07, 6.45) is 0.409. The lowest BCUT2D eigenvalue weighted by Crippen LogP contribution is -2.57. The van der Waals surface area contributed by atoms with E-state index in [9.17, 15) is 22.8 Å². The van der Waals surface area contributed by atoms with Gasteiger partial charge in [-0.1, -0.05) is 24.3 Å². The van der Waals surface area contributed by atoms with Crippen LogP contribution in [0.4, 0.5) is 13.2 Å². The zero-order valence-electron chi connectivity index (χ0n) is 17.7. The van der Waals surface area contributed by atoms with Crippen molar-refractivity contribution in [3.63, 3.8) is 0 Å². The molecule has 2 aliphatic carbocycles. The first-order valence-electron chi connectivity index (χ1n) is 10.9. The molecular weight excluding hydrogens is 433 g/mol. The molecule has 0 bridgehead atoms. The van der Waals surface area contributed by atoms with Crippen molar-refractivity contribution in [2.75, 3.05) is 0 Å². The molecule has 3 aromatic rings. The Morgan fingerprint density at radius 1 is 1.03 bits per heavy atom. The largest absolute Gasteiger partial charge is 0.481 e. The maximum Gasteiger partial charge on any atom is 0.416 e. The molecular formula is C25H23F3N2O3. The van der Waals surface area contributed by atoms with E-state index in [1.54, 1.807) is 6.07 Å². The monoisotopic (exact) mass is 456 g/mol. The van der Waals surface area contributed by atoms with E-state index in [2.05, 4.69) is 5.32 Å². The van der Waals surface area contributed by atoms with Gasteiger partial charge in [0.15, 0.2) is 0 Å². The van der Waals surface area contributed by atoms with Gasteiger partial charge in [0.25, 0.3) is 5.91 Å². The summed E-state index contributed by atoms with van der Waals surface area (Å²) in [5, 5.41) is 13.0. The first-order valence-corrected chi connectivity index (χ1v) is 10.9. The molecule has 8 heteroatoms. The first kappa shape index (κ1) is 21.6. The zero-order chi connectivity index (χ0) is 23.4. The highest BCUT2D eigenvalue weighted by Crippen LogP contribution is 2.58. The van der Waals surface area contributed by atoms with Crippen LogP contribution in [-0.4, -0.2) is 27.6 Å². The number of carboxylic acids is 1. The fourth-order valence-electron chi connectivity index (χ4n) is 5.42. The Kier molecular flexibility index (Phi) is 4.99. The number of amides is 1. The lowest BCUT2D eigenvalue weighted by molar-refractivity contribution is -0.155. The number of rotatable bonds is 5. The van der Waals surface area contributed by atoms with Crippen molar-refractivity contribution in [3.8, 4) is 0 Å². The van der Waals surface area contributed by atoms with Crippen LogP contribution in [0.2, 0.25) is 0 Å². The third-order valence-corrected chi connectivity index (χ3v) is 7.07. The predicted molar refractivity (Wildman–Crippen MR) is 116 cm³/mol. The van der Waals surface area contributed by atoms with E-state index in [1.165, 1.54) is 12.1 Å². The van der Waals surface area contributed by atoms with Gasteiger partial charge in [-0.2, -0.15) is 13.2 Å². The number of benzene rings is 2. The Labute approximate surface area is 188 Å². The van der Waals surface area contributed by atoms with Crippen molar-refractivity contribution < 1.29 is 27.9 Å². The first-order chi connectivity index (χ1) is 15.6. The molecule has 0 aliphatic heterocycles. The summed E-state index contributed by atoms with van der Waals surface area (Å²) in [7, 11) is 0. The smallest absolute Gasteiger partial charge is 0.416 e. The number of halogens is 3. The highest BCUT2D eigenvalue weighted by molar-refractivity contribution is 6.06. The van der Waals surface area contributed by atoms with Crippen molar-refractivity contribution in [2.24, 2.45) is 11.3 Å². The van der Waals surface area contributed by atoms with Crippen LogP contribution in [0.25, 0.3) is 10.9 Å². The van der Waals surface area contributed by atoms with Gasteiger partial charge in [-0.05, 0) is 60.9 Å². The molecule has 1 heterocycles. The molecule has 2 aromatic carbocycles. The molecule has 1 aromatic heterocycles. The minimum absolute atomic E-state index is 0.0285. The van der Waals surface area contributed by atoms with Crippen LogP contribution in [0, 0.1) is 11.3 Å². The summed E-state index contributed by atoms with van der Waals surface area (Å²) in [6.45, 7) is 0.342. The van der Waals surface area contributed by atoms with Crippen molar-refractivity contribution >= 4 is 22.8 Å². The van der Waals surface area contributed by atoms with Gasteiger partial charge >= 0.3 is 12.1 Å². The zero-order valence-corrected chi connectivity index (χ0v) is 17.7. The fourth-order valence-corrected chi connectivity index (χ4v) is 5.42. The van der Waals surface area contributed by atoms with E-state index < -0.39 is 17.7 Å². The second-order valence-electron chi connectivity index (χ2n) is 9.40. The number of carbonyl (C=O) groups excluding carboxylic acids is 1. The minimum Gasteiger partial charge on any atom is -0.481 e. The summed E-state index contributed by atoms with van der Waals surface area (Å²) in [5.41, 5.74) is 1.33. The van der Waals surface area contributed by atoms with Crippen LogP contribution in [0.15, 0.2) is 54.7 Å². The van der Waals surface area contributed by atoms with Crippen molar-refractivity contribution in [2.45, 2.75) is 44.4 Å². The molecule has 1 spiro atoms. The lowest BCUT2D eigenvalue weighted by Gasteiger charge is -2.56. The number of aliphatic carboxylic acids is 1. The molecule has 5 nitrogen and oxygen atoms in total. The van der Waals surface area contributed by atoms with E-state index >= 15 is 0 Å². The minimum atomic E-state index is -4.38. The van der Waals surface area contributed by atoms with Gasteiger partial charge in [0.2, 0.25) is 0 Å². The van der Waals surface area contributed by atoms with Crippen LogP contribution in [0.3, 0.4) is 0 Å². The van der Waals surface area contributed by atoms with Gasteiger partial charge in [0.05, 0.1) is 22.6 Å². The van der Waals surface area contributed by atoms with Crippen LogP contribution in [0.1, 0.15) is 47.2 Å². The highest BCUT2D eigenvalue weighted by atomic mass is 19.4. The summed E-state index contributed by atoms with van der Waals surface area (Å²) >= 11 is 0. The van der Waals surface area contributed by atoms with Gasteiger partial charge in [-0.15, -0.1) is 0 Å². The number of nitrogens with one attached hydrogen (secondary N) is 1. The Balaban J connectivity index is 1.30. The quantitative estimate of drug-likeness (QED) is 0.562. The molecule has 0 atom stereocenters. The molecule has 0 radical (unpaired) electrons. The van der Waals surface area contributed by atoms with Gasteiger partial charge in [-0.3, -0.25) is 9.59 Å². The molecule has 2 fully saturated rings. The van der Waals surface area contributed by atoms with E-state index in [0.29, 0.717) is 30.5 Å². The normalized spacial score (nSPS) is 24.3.